The minimum Gasteiger partial charge on any atom is -0.368 e. The predicted octanol–water partition coefficient (Wildman–Crippen LogP) is 5.36. The number of unbranched alkanes of at least 4 members (excludes halogenated alkanes) is 2. The molecule has 2 aliphatic heterocycles. The lowest BCUT2D eigenvalue weighted by molar-refractivity contribution is 0.252. The first-order valence-electron chi connectivity index (χ1n) is 10.5. The Labute approximate surface area is 183 Å². The van der Waals surface area contributed by atoms with Gasteiger partial charge in [0.1, 0.15) is 5.82 Å². The van der Waals surface area contributed by atoms with Crippen molar-refractivity contribution in [2.45, 2.75) is 25.7 Å². The molecule has 154 valence electrons. The summed E-state index contributed by atoms with van der Waals surface area (Å²) < 4.78 is 0. The van der Waals surface area contributed by atoms with Gasteiger partial charge in [0.05, 0.1) is 15.7 Å². The lowest BCUT2D eigenvalue weighted by Crippen LogP contribution is -2.46. The zero-order valence-electron chi connectivity index (χ0n) is 16.7. The topological polar surface area (TPSA) is 31.4 Å². The molecule has 3 heterocycles. The van der Waals surface area contributed by atoms with Gasteiger partial charge in [-0.25, -0.2) is 4.98 Å². The van der Waals surface area contributed by atoms with Gasteiger partial charge in [-0.3, -0.25) is 4.90 Å². The number of nitrogens with one attached hydrogen (secondary N) is 1. The summed E-state index contributed by atoms with van der Waals surface area (Å²) in [6.07, 6.45) is 9.01. The van der Waals surface area contributed by atoms with Crippen LogP contribution >= 0.6 is 23.2 Å². The number of aromatic nitrogens is 1. The van der Waals surface area contributed by atoms with Crippen LogP contribution in [0.25, 0.3) is 6.08 Å². The van der Waals surface area contributed by atoms with E-state index in [0.717, 1.165) is 50.6 Å². The first-order chi connectivity index (χ1) is 14.2. The summed E-state index contributed by atoms with van der Waals surface area (Å²) in [5.41, 5.74) is 3.44. The molecule has 0 aliphatic carbocycles. The number of hydrogen-bond donors (Lipinski definition) is 1. The minimum absolute atomic E-state index is 0.632. The Morgan fingerprint density at radius 3 is 2.69 bits per heavy atom. The van der Waals surface area contributed by atoms with Gasteiger partial charge < -0.3 is 10.2 Å². The number of anilines is 2. The molecule has 0 radical (unpaired) electrons. The van der Waals surface area contributed by atoms with Crippen LogP contribution in [-0.2, 0) is 6.42 Å². The highest BCUT2D eigenvalue weighted by atomic mass is 35.5. The van der Waals surface area contributed by atoms with Gasteiger partial charge in [-0.05, 0) is 50.1 Å². The molecule has 29 heavy (non-hydrogen) atoms. The van der Waals surface area contributed by atoms with Gasteiger partial charge in [-0.15, -0.1) is 0 Å². The van der Waals surface area contributed by atoms with Crippen molar-refractivity contribution >= 4 is 40.8 Å². The van der Waals surface area contributed by atoms with Gasteiger partial charge in [0.25, 0.3) is 0 Å². The van der Waals surface area contributed by atoms with Crippen LogP contribution in [0.2, 0.25) is 10.0 Å². The number of nitrogens with zero attached hydrogens (tertiary/aromatic N) is 3. The van der Waals surface area contributed by atoms with Crippen LogP contribution < -0.4 is 10.2 Å². The molecule has 0 saturated carbocycles. The van der Waals surface area contributed by atoms with E-state index in [9.17, 15) is 0 Å². The van der Waals surface area contributed by atoms with Gasteiger partial charge in [0.15, 0.2) is 0 Å². The summed E-state index contributed by atoms with van der Waals surface area (Å²) in [5.74, 6) is 1.03. The van der Waals surface area contributed by atoms with Crippen LogP contribution in [0.5, 0.6) is 0 Å². The molecule has 0 bridgehead atoms. The first kappa shape index (κ1) is 20.5. The van der Waals surface area contributed by atoms with Gasteiger partial charge in [-0.2, -0.15) is 0 Å². The van der Waals surface area contributed by atoms with Crippen molar-refractivity contribution in [1.82, 2.24) is 9.88 Å². The number of aryl methyl sites for hydroxylation is 1. The molecule has 1 fully saturated rings. The Hall–Kier alpha value is -1.75. The third-order valence-electron chi connectivity index (χ3n) is 5.72. The summed E-state index contributed by atoms with van der Waals surface area (Å²) in [6.45, 7) is 6.20. The molecule has 0 unspecified atom stereocenters. The number of piperazine rings is 1. The third-order valence-corrected chi connectivity index (χ3v) is 6.53. The molecule has 0 amide bonds. The highest BCUT2D eigenvalue weighted by Gasteiger charge is 2.19. The number of benzene rings is 1. The fraction of sp³-hybridized carbons (Fsp3) is 0.435. The average molecular weight is 431 g/mol. The van der Waals surface area contributed by atoms with Crippen molar-refractivity contribution in [1.29, 1.82) is 0 Å². The number of halogens is 2. The normalized spacial score (nSPS) is 16.6. The highest BCUT2D eigenvalue weighted by Crippen LogP contribution is 2.32. The number of pyridine rings is 1. The standard InChI is InChI=1S/C23H28Cl2N4/c24-20-8-4-9-21(22(20)25)29-16-14-28(15-17-29)13-3-1-2-7-19-11-10-18-6-5-12-26-23(18)27-19/h4-6,8-11H,1-3,7,12-17H2,(H,26,27). The van der Waals surface area contributed by atoms with Crippen LogP contribution in [-0.4, -0.2) is 49.2 Å². The first-order valence-corrected chi connectivity index (χ1v) is 11.3. The van der Waals surface area contributed by atoms with E-state index in [0.29, 0.717) is 10.0 Å². The Morgan fingerprint density at radius 2 is 1.83 bits per heavy atom. The molecular weight excluding hydrogens is 403 g/mol. The van der Waals surface area contributed by atoms with Crippen LogP contribution in [0.15, 0.2) is 36.4 Å². The molecule has 6 heteroatoms. The SMILES string of the molecule is Clc1cccc(N2CCN(CCCCCc3ccc4c(n3)NCC=C4)CC2)c1Cl. The molecule has 1 aromatic carbocycles. The second-order valence-electron chi connectivity index (χ2n) is 7.74. The van der Waals surface area contributed by atoms with E-state index < -0.39 is 0 Å². The van der Waals surface area contributed by atoms with E-state index in [-0.39, 0.29) is 0 Å². The zero-order valence-corrected chi connectivity index (χ0v) is 18.2. The number of rotatable bonds is 7. The Balaban J connectivity index is 1.15. The maximum atomic E-state index is 6.37. The molecule has 1 N–H and O–H groups in total. The second-order valence-corrected chi connectivity index (χ2v) is 8.52. The van der Waals surface area contributed by atoms with E-state index in [1.165, 1.54) is 37.1 Å². The van der Waals surface area contributed by atoms with Crippen molar-refractivity contribution in [2.75, 3.05) is 49.5 Å². The molecular formula is C23H28Cl2N4. The lowest BCUT2D eigenvalue weighted by atomic mass is 10.1. The highest BCUT2D eigenvalue weighted by molar-refractivity contribution is 6.43. The molecule has 0 spiro atoms. The third kappa shape index (κ3) is 5.25. The monoisotopic (exact) mass is 430 g/mol. The van der Waals surface area contributed by atoms with Crippen molar-refractivity contribution in [3.8, 4) is 0 Å². The van der Waals surface area contributed by atoms with Gasteiger partial charge in [0, 0.05) is 44.0 Å². The fourth-order valence-corrected chi connectivity index (χ4v) is 4.45. The lowest BCUT2D eigenvalue weighted by Gasteiger charge is -2.36. The van der Waals surface area contributed by atoms with Gasteiger partial charge >= 0.3 is 0 Å². The molecule has 2 aliphatic rings. The van der Waals surface area contributed by atoms with Gasteiger partial charge in [-0.1, -0.05) is 47.8 Å². The van der Waals surface area contributed by atoms with Gasteiger partial charge in [0.2, 0.25) is 0 Å². The Bertz CT molecular complexity index is 860. The Morgan fingerprint density at radius 1 is 0.966 bits per heavy atom. The fourth-order valence-electron chi connectivity index (χ4n) is 4.03. The van der Waals surface area contributed by atoms with E-state index in [1.807, 2.05) is 12.1 Å². The quantitative estimate of drug-likeness (QED) is 0.598. The van der Waals surface area contributed by atoms with Crippen LogP contribution in [0.3, 0.4) is 0 Å². The minimum atomic E-state index is 0.632. The molecule has 1 aromatic heterocycles. The van der Waals surface area contributed by atoms with E-state index in [4.69, 9.17) is 28.2 Å². The summed E-state index contributed by atoms with van der Waals surface area (Å²) in [6, 6.07) is 10.2. The molecule has 2 aromatic rings. The average Bonchev–Trinajstić information content (AvgIpc) is 2.76. The summed E-state index contributed by atoms with van der Waals surface area (Å²) in [5, 5.41) is 4.65. The van der Waals surface area contributed by atoms with Crippen molar-refractivity contribution in [2.24, 2.45) is 0 Å². The van der Waals surface area contributed by atoms with Crippen molar-refractivity contribution in [3.05, 3.63) is 57.7 Å². The summed E-state index contributed by atoms with van der Waals surface area (Å²) in [7, 11) is 0. The molecule has 0 atom stereocenters. The van der Waals surface area contributed by atoms with E-state index in [1.54, 1.807) is 0 Å². The maximum Gasteiger partial charge on any atom is 0.133 e. The predicted molar refractivity (Wildman–Crippen MR) is 124 cm³/mol. The maximum absolute atomic E-state index is 6.37. The van der Waals surface area contributed by atoms with Crippen molar-refractivity contribution < 1.29 is 0 Å². The zero-order chi connectivity index (χ0) is 20.1. The van der Waals surface area contributed by atoms with E-state index >= 15 is 0 Å². The largest absolute Gasteiger partial charge is 0.368 e. The van der Waals surface area contributed by atoms with Crippen molar-refractivity contribution in [3.63, 3.8) is 0 Å². The smallest absolute Gasteiger partial charge is 0.133 e. The number of hydrogen-bond acceptors (Lipinski definition) is 4. The number of fused-ring (bicyclic) bond motifs is 1. The molecule has 1 saturated heterocycles. The Kier molecular flexibility index (Phi) is 6.96. The van der Waals surface area contributed by atoms with Crippen LogP contribution in [0.4, 0.5) is 11.5 Å². The summed E-state index contributed by atoms with van der Waals surface area (Å²) in [4.78, 5) is 9.65. The molecule has 4 nitrogen and oxygen atoms in total. The van der Waals surface area contributed by atoms with E-state index in [2.05, 4.69) is 45.5 Å². The van der Waals surface area contributed by atoms with Crippen LogP contribution in [0.1, 0.15) is 30.5 Å². The van der Waals surface area contributed by atoms with Crippen LogP contribution in [0, 0.1) is 0 Å². The summed E-state index contributed by atoms with van der Waals surface area (Å²) >= 11 is 12.5. The second kappa shape index (κ2) is 9.84. The molecule has 4 rings (SSSR count).